The molecular formula is C28H31IO7S. The Morgan fingerprint density at radius 1 is 0.703 bits per heavy atom. The maximum Gasteiger partial charge on any atom is 0.397 e. The summed E-state index contributed by atoms with van der Waals surface area (Å²) < 4.78 is 56.8. The largest absolute Gasteiger partial charge is 0.397 e. The van der Waals surface area contributed by atoms with Gasteiger partial charge in [0.05, 0.1) is 32.5 Å². The molecule has 5 atom stereocenters. The van der Waals surface area contributed by atoms with E-state index in [1.54, 1.807) is 0 Å². The van der Waals surface area contributed by atoms with Crippen LogP contribution in [0.1, 0.15) is 23.1 Å². The van der Waals surface area contributed by atoms with Gasteiger partial charge in [-0.3, -0.25) is 4.55 Å². The highest BCUT2D eigenvalue weighted by atomic mass is 127. The third-order valence-corrected chi connectivity index (χ3v) is 7.93. The summed E-state index contributed by atoms with van der Waals surface area (Å²) in [6, 6.07) is 29.3. The van der Waals surface area contributed by atoms with Crippen LogP contribution >= 0.6 is 22.6 Å². The van der Waals surface area contributed by atoms with E-state index in [1.807, 2.05) is 91.0 Å². The van der Waals surface area contributed by atoms with Crippen LogP contribution in [0.5, 0.6) is 0 Å². The van der Waals surface area contributed by atoms with Crippen molar-refractivity contribution in [2.75, 3.05) is 6.61 Å². The van der Waals surface area contributed by atoms with Crippen molar-refractivity contribution in [3.8, 4) is 0 Å². The summed E-state index contributed by atoms with van der Waals surface area (Å²) in [7, 11) is -4.71. The van der Waals surface area contributed by atoms with Crippen LogP contribution in [0.4, 0.5) is 0 Å². The van der Waals surface area contributed by atoms with E-state index in [4.69, 9.17) is 18.4 Å². The molecule has 0 unspecified atom stereocenters. The Hall–Kier alpha value is -1.86. The standard InChI is InChI=1S/C28H31IO7S/c29-25-16-24(20-33-17-21-10-4-1-5-11-21)26(34-18-22-12-6-2-7-13-22)28(27(25)36-37(30,31)32)35-19-23-14-8-3-9-15-23/h1-15,24-28H,16-20H2,(H,30,31,32)/t24-,25+,26-,27-,28+/m1/s1. The first-order valence-electron chi connectivity index (χ1n) is 12.1. The minimum Gasteiger partial charge on any atom is -0.376 e. The highest BCUT2D eigenvalue weighted by molar-refractivity contribution is 14.1. The summed E-state index contributed by atoms with van der Waals surface area (Å²) in [6.45, 7) is 1.41. The number of benzene rings is 3. The summed E-state index contributed by atoms with van der Waals surface area (Å²) in [4.78, 5) is 0. The van der Waals surface area contributed by atoms with Crippen molar-refractivity contribution in [2.24, 2.45) is 5.92 Å². The van der Waals surface area contributed by atoms with Crippen molar-refractivity contribution < 1.29 is 31.4 Å². The minimum atomic E-state index is -4.71. The molecule has 0 spiro atoms. The molecule has 0 heterocycles. The number of halogens is 1. The Labute approximate surface area is 232 Å². The van der Waals surface area contributed by atoms with E-state index in [0.717, 1.165) is 16.7 Å². The summed E-state index contributed by atoms with van der Waals surface area (Å²) in [5, 5.41) is 0. The molecule has 1 fully saturated rings. The number of hydrogen-bond acceptors (Lipinski definition) is 6. The number of rotatable bonds is 12. The first kappa shape index (κ1) is 28.2. The molecule has 0 bridgehead atoms. The molecule has 0 aliphatic heterocycles. The molecule has 3 aromatic rings. The van der Waals surface area contributed by atoms with Crippen LogP contribution in [0.25, 0.3) is 0 Å². The summed E-state index contributed by atoms with van der Waals surface area (Å²) in [5.74, 6) is -0.0867. The van der Waals surface area contributed by atoms with Gasteiger partial charge in [-0.15, -0.1) is 0 Å². The fourth-order valence-corrected chi connectivity index (χ4v) is 6.43. The lowest BCUT2D eigenvalue weighted by atomic mass is 9.82. The smallest absolute Gasteiger partial charge is 0.376 e. The van der Waals surface area contributed by atoms with Gasteiger partial charge in [0.15, 0.2) is 0 Å². The maximum atomic E-state index is 11.8. The maximum absolute atomic E-state index is 11.8. The summed E-state index contributed by atoms with van der Waals surface area (Å²) >= 11 is 2.17. The summed E-state index contributed by atoms with van der Waals surface area (Å²) in [6.07, 6.45) is -1.64. The fourth-order valence-electron chi connectivity index (χ4n) is 4.49. The Morgan fingerprint density at radius 2 is 1.16 bits per heavy atom. The van der Waals surface area contributed by atoms with Crippen molar-refractivity contribution >= 4 is 33.0 Å². The van der Waals surface area contributed by atoms with E-state index in [2.05, 4.69) is 22.6 Å². The molecule has 1 N–H and O–H groups in total. The van der Waals surface area contributed by atoms with Crippen molar-refractivity contribution in [1.82, 2.24) is 0 Å². The van der Waals surface area contributed by atoms with Gasteiger partial charge in [-0.1, -0.05) is 114 Å². The van der Waals surface area contributed by atoms with Crippen molar-refractivity contribution in [1.29, 1.82) is 0 Å². The molecule has 198 valence electrons. The zero-order valence-electron chi connectivity index (χ0n) is 20.3. The first-order chi connectivity index (χ1) is 17.9. The van der Waals surface area contributed by atoms with Gasteiger partial charge < -0.3 is 14.2 Å². The predicted molar refractivity (Wildman–Crippen MR) is 148 cm³/mol. The second-order valence-electron chi connectivity index (χ2n) is 9.02. The van der Waals surface area contributed by atoms with Crippen LogP contribution in [0.3, 0.4) is 0 Å². The Morgan fingerprint density at radius 3 is 1.65 bits per heavy atom. The van der Waals surface area contributed by atoms with E-state index in [1.165, 1.54) is 0 Å². The third-order valence-electron chi connectivity index (χ3n) is 6.24. The van der Waals surface area contributed by atoms with Crippen molar-refractivity contribution in [3.05, 3.63) is 108 Å². The molecule has 1 saturated carbocycles. The molecule has 3 aromatic carbocycles. The lowest BCUT2D eigenvalue weighted by Gasteiger charge is -2.44. The van der Waals surface area contributed by atoms with Gasteiger partial charge in [0, 0.05) is 9.84 Å². The van der Waals surface area contributed by atoms with Crippen LogP contribution in [0, 0.1) is 5.92 Å². The zero-order chi connectivity index (χ0) is 26.1. The lowest BCUT2D eigenvalue weighted by molar-refractivity contribution is -0.171. The number of hydrogen-bond donors (Lipinski definition) is 1. The van der Waals surface area contributed by atoms with Crippen molar-refractivity contribution in [2.45, 2.75) is 48.5 Å². The van der Waals surface area contributed by atoms with E-state index >= 15 is 0 Å². The molecule has 0 amide bonds. The van der Waals surface area contributed by atoms with E-state index < -0.39 is 28.7 Å². The molecule has 4 rings (SSSR count). The highest BCUT2D eigenvalue weighted by Gasteiger charge is 2.48. The quantitative estimate of drug-likeness (QED) is 0.162. The number of ether oxygens (including phenoxy) is 3. The predicted octanol–water partition coefficient (Wildman–Crippen LogP) is 5.39. The molecule has 37 heavy (non-hydrogen) atoms. The van der Waals surface area contributed by atoms with Crippen LogP contribution in [0.15, 0.2) is 91.0 Å². The van der Waals surface area contributed by atoms with E-state index in [-0.39, 0.29) is 16.4 Å². The van der Waals surface area contributed by atoms with Gasteiger partial charge in [-0.05, 0) is 23.1 Å². The van der Waals surface area contributed by atoms with Gasteiger partial charge in [-0.25, -0.2) is 4.18 Å². The monoisotopic (exact) mass is 638 g/mol. The van der Waals surface area contributed by atoms with Gasteiger partial charge in [0.2, 0.25) is 0 Å². The molecule has 7 nitrogen and oxygen atoms in total. The average Bonchev–Trinajstić information content (AvgIpc) is 2.89. The SMILES string of the molecule is O=S(=O)(O)O[C@H]1[C@@H](OCc2ccccc2)[C@H](OCc2ccccc2)[C@@H](COCc2ccccc2)C[C@@H]1I. The van der Waals surface area contributed by atoms with Crippen LogP contribution < -0.4 is 0 Å². The van der Waals surface area contributed by atoms with Gasteiger partial charge in [0.25, 0.3) is 0 Å². The highest BCUT2D eigenvalue weighted by Crippen LogP contribution is 2.37. The first-order valence-corrected chi connectivity index (χ1v) is 14.7. The van der Waals surface area contributed by atoms with Gasteiger partial charge in [0.1, 0.15) is 12.2 Å². The van der Waals surface area contributed by atoms with E-state index in [9.17, 15) is 13.0 Å². The average molecular weight is 639 g/mol. The van der Waals surface area contributed by atoms with Gasteiger partial charge >= 0.3 is 10.4 Å². The number of alkyl halides is 1. The van der Waals surface area contributed by atoms with E-state index in [0.29, 0.717) is 26.2 Å². The second kappa shape index (κ2) is 13.8. The topological polar surface area (TPSA) is 91.3 Å². The third kappa shape index (κ3) is 8.85. The van der Waals surface area contributed by atoms with Gasteiger partial charge in [-0.2, -0.15) is 8.42 Å². The normalized spacial score (nSPS) is 24.1. The van der Waals surface area contributed by atoms with Crippen molar-refractivity contribution in [3.63, 3.8) is 0 Å². The minimum absolute atomic E-state index is 0.0867. The molecule has 1 aliphatic carbocycles. The Kier molecular flexibility index (Phi) is 10.5. The Balaban J connectivity index is 1.56. The zero-order valence-corrected chi connectivity index (χ0v) is 23.2. The summed E-state index contributed by atoms with van der Waals surface area (Å²) in [5.41, 5.74) is 2.98. The fraction of sp³-hybridized carbons (Fsp3) is 0.357. The molecule has 9 heteroatoms. The lowest BCUT2D eigenvalue weighted by Crippen LogP contribution is -2.56. The van der Waals surface area contributed by atoms with Crippen LogP contribution in [0.2, 0.25) is 0 Å². The van der Waals surface area contributed by atoms with Crippen LogP contribution in [-0.4, -0.2) is 41.8 Å². The molecule has 1 aliphatic rings. The second-order valence-corrected chi connectivity index (χ2v) is 11.7. The molecule has 0 radical (unpaired) electrons. The molecule has 0 aromatic heterocycles. The molecular weight excluding hydrogens is 607 g/mol. The molecule has 0 saturated heterocycles. The Bertz CT molecular complexity index is 1180. The van der Waals surface area contributed by atoms with Crippen LogP contribution in [-0.2, 0) is 48.6 Å².